The molecule has 0 radical (unpaired) electrons. The zero-order valence-electron chi connectivity index (χ0n) is 12.3. The summed E-state index contributed by atoms with van der Waals surface area (Å²) in [7, 11) is 0. The van der Waals surface area contributed by atoms with Crippen LogP contribution in [0.15, 0.2) is 36.5 Å². The molecule has 108 valence electrons. The summed E-state index contributed by atoms with van der Waals surface area (Å²) in [6.45, 7) is 2.05. The summed E-state index contributed by atoms with van der Waals surface area (Å²) in [6, 6.07) is 10.5. The van der Waals surface area contributed by atoms with Gasteiger partial charge in [0.1, 0.15) is 0 Å². The van der Waals surface area contributed by atoms with E-state index in [9.17, 15) is 0 Å². The van der Waals surface area contributed by atoms with E-state index in [0.29, 0.717) is 0 Å². The van der Waals surface area contributed by atoms with Crippen molar-refractivity contribution in [2.24, 2.45) is 0 Å². The minimum absolute atomic E-state index is 0.938. The predicted molar refractivity (Wildman–Crippen MR) is 90.3 cm³/mol. The van der Waals surface area contributed by atoms with E-state index in [1.165, 1.54) is 42.4 Å². The maximum Gasteiger partial charge on any atom is 0.0705 e. The van der Waals surface area contributed by atoms with Crippen LogP contribution in [0.25, 0.3) is 10.9 Å². The Hall–Kier alpha value is -1.06. The number of rotatable bonds is 9. The normalized spacial score (nSPS) is 11.1. The van der Waals surface area contributed by atoms with Crippen molar-refractivity contribution >= 4 is 22.7 Å². The average molecular weight is 288 g/mol. The molecule has 0 saturated heterocycles. The van der Waals surface area contributed by atoms with Gasteiger partial charge in [0.25, 0.3) is 0 Å². The SMILES string of the molecule is CSCCCCCCNCc1ccnc2ccccc12. The fraction of sp³-hybridized carbons (Fsp3) is 0.471. The third-order valence-electron chi connectivity index (χ3n) is 3.51. The Morgan fingerprint density at radius 1 is 1.05 bits per heavy atom. The van der Waals surface area contributed by atoms with E-state index in [0.717, 1.165) is 18.6 Å². The first-order valence-electron chi connectivity index (χ1n) is 7.44. The van der Waals surface area contributed by atoms with Gasteiger partial charge in [0.15, 0.2) is 0 Å². The number of nitrogens with zero attached hydrogens (tertiary/aromatic N) is 1. The molecule has 2 rings (SSSR count). The highest BCUT2D eigenvalue weighted by Gasteiger charge is 2.00. The van der Waals surface area contributed by atoms with Crippen molar-refractivity contribution in [2.75, 3.05) is 18.6 Å². The van der Waals surface area contributed by atoms with Gasteiger partial charge in [0.2, 0.25) is 0 Å². The molecule has 1 heterocycles. The molecule has 0 aliphatic carbocycles. The standard InChI is InChI=1S/C17H24N2S/c1-20-13-7-3-2-6-11-18-14-15-10-12-19-17-9-5-4-8-16(15)17/h4-5,8-10,12,18H,2-3,6-7,11,13-14H2,1H3. The lowest BCUT2D eigenvalue weighted by Crippen LogP contribution is -2.15. The van der Waals surface area contributed by atoms with Gasteiger partial charge in [-0.25, -0.2) is 0 Å². The van der Waals surface area contributed by atoms with Gasteiger partial charge in [-0.1, -0.05) is 31.0 Å². The maximum atomic E-state index is 4.40. The molecule has 1 aromatic carbocycles. The molecule has 0 saturated carbocycles. The molecular formula is C17H24N2S. The second-order valence-electron chi connectivity index (χ2n) is 5.07. The summed E-state index contributed by atoms with van der Waals surface area (Å²) < 4.78 is 0. The molecule has 0 atom stereocenters. The number of nitrogens with one attached hydrogen (secondary N) is 1. The van der Waals surface area contributed by atoms with E-state index in [1.807, 2.05) is 24.0 Å². The second-order valence-corrected chi connectivity index (χ2v) is 6.06. The number of aromatic nitrogens is 1. The van der Waals surface area contributed by atoms with Crippen molar-refractivity contribution in [2.45, 2.75) is 32.2 Å². The molecule has 0 bridgehead atoms. The Morgan fingerprint density at radius 2 is 1.90 bits per heavy atom. The second kappa shape index (κ2) is 8.98. The average Bonchev–Trinajstić information content (AvgIpc) is 2.50. The van der Waals surface area contributed by atoms with Crippen LogP contribution in [0, 0.1) is 0 Å². The number of unbranched alkanes of at least 4 members (excludes halogenated alkanes) is 3. The number of pyridine rings is 1. The maximum absolute atomic E-state index is 4.40. The van der Waals surface area contributed by atoms with Crippen molar-refractivity contribution in [1.82, 2.24) is 10.3 Å². The van der Waals surface area contributed by atoms with Crippen LogP contribution in [-0.4, -0.2) is 23.5 Å². The Balaban J connectivity index is 1.71. The molecule has 0 spiro atoms. The summed E-state index contributed by atoms with van der Waals surface area (Å²) in [6.07, 6.45) is 9.42. The Bertz CT molecular complexity index is 508. The number of hydrogen-bond acceptors (Lipinski definition) is 3. The molecular weight excluding hydrogens is 264 g/mol. The molecule has 2 nitrogen and oxygen atoms in total. The minimum Gasteiger partial charge on any atom is -0.313 e. The number of benzene rings is 1. The van der Waals surface area contributed by atoms with Crippen molar-refractivity contribution in [1.29, 1.82) is 0 Å². The van der Waals surface area contributed by atoms with Gasteiger partial charge >= 0.3 is 0 Å². The van der Waals surface area contributed by atoms with Gasteiger partial charge in [-0.05, 0) is 49.1 Å². The van der Waals surface area contributed by atoms with Gasteiger partial charge < -0.3 is 5.32 Å². The number of hydrogen-bond donors (Lipinski definition) is 1. The van der Waals surface area contributed by atoms with Crippen LogP contribution < -0.4 is 5.32 Å². The first-order chi connectivity index (χ1) is 9.92. The van der Waals surface area contributed by atoms with Crippen molar-refractivity contribution in [3.63, 3.8) is 0 Å². The molecule has 0 aliphatic heterocycles. The summed E-state index contributed by atoms with van der Waals surface area (Å²) in [5.41, 5.74) is 2.43. The van der Waals surface area contributed by atoms with Gasteiger partial charge in [0.05, 0.1) is 5.52 Å². The molecule has 1 N–H and O–H groups in total. The summed E-state index contributed by atoms with van der Waals surface area (Å²) in [4.78, 5) is 4.40. The minimum atomic E-state index is 0.938. The molecule has 20 heavy (non-hydrogen) atoms. The van der Waals surface area contributed by atoms with E-state index in [1.54, 1.807) is 0 Å². The summed E-state index contributed by atoms with van der Waals surface area (Å²) in [5.74, 6) is 1.30. The first-order valence-corrected chi connectivity index (χ1v) is 8.83. The van der Waals surface area contributed by atoms with Crippen LogP contribution in [0.3, 0.4) is 0 Å². The molecule has 0 amide bonds. The topological polar surface area (TPSA) is 24.9 Å². The lowest BCUT2D eigenvalue weighted by atomic mass is 10.1. The zero-order valence-corrected chi connectivity index (χ0v) is 13.1. The Kier molecular flexibility index (Phi) is 6.89. The third kappa shape index (κ3) is 4.80. The van der Waals surface area contributed by atoms with Crippen LogP contribution in [-0.2, 0) is 6.54 Å². The molecule has 0 unspecified atom stereocenters. The van der Waals surface area contributed by atoms with Gasteiger partial charge in [-0.15, -0.1) is 0 Å². The highest BCUT2D eigenvalue weighted by atomic mass is 32.2. The van der Waals surface area contributed by atoms with Crippen molar-refractivity contribution in [3.8, 4) is 0 Å². The number of fused-ring (bicyclic) bond motifs is 1. The van der Waals surface area contributed by atoms with E-state index < -0.39 is 0 Å². The van der Waals surface area contributed by atoms with Crippen LogP contribution in [0.5, 0.6) is 0 Å². The highest BCUT2D eigenvalue weighted by molar-refractivity contribution is 7.98. The first kappa shape index (κ1) is 15.3. The molecule has 3 heteroatoms. The molecule has 0 aliphatic rings. The summed E-state index contributed by atoms with van der Waals surface area (Å²) >= 11 is 1.95. The van der Waals surface area contributed by atoms with Crippen LogP contribution in [0.1, 0.15) is 31.2 Å². The molecule has 0 fully saturated rings. The van der Waals surface area contributed by atoms with E-state index in [4.69, 9.17) is 0 Å². The van der Waals surface area contributed by atoms with E-state index in [2.05, 4.69) is 40.8 Å². The van der Waals surface area contributed by atoms with Crippen LogP contribution in [0.4, 0.5) is 0 Å². The fourth-order valence-corrected chi connectivity index (χ4v) is 2.88. The van der Waals surface area contributed by atoms with Gasteiger partial charge in [-0.3, -0.25) is 4.98 Å². The predicted octanol–water partition coefficient (Wildman–Crippen LogP) is 4.25. The number of para-hydroxylation sites is 1. The molecule has 1 aromatic heterocycles. The van der Waals surface area contributed by atoms with E-state index in [-0.39, 0.29) is 0 Å². The Labute approximate surface area is 126 Å². The van der Waals surface area contributed by atoms with Crippen LogP contribution in [0.2, 0.25) is 0 Å². The van der Waals surface area contributed by atoms with Crippen molar-refractivity contribution < 1.29 is 0 Å². The lowest BCUT2D eigenvalue weighted by Gasteiger charge is -2.07. The Morgan fingerprint density at radius 3 is 2.80 bits per heavy atom. The highest BCUT2D eigenvalue weighted by Crippen LogP contribution is 2.15. The van der Waals surface area contributed by atoms with Gasteiger partial charge in [0, 0.05) is 18.1 Å². The monoisotopic (exact) mass is 288 g/mol. The largest absolute Gasteiger partial charge is 0.313 e. The molecule has 2 aromatic rings. The lowest BCUT2D eigenvalue weighted by molar-refractivity contribution is 0.600. The summed E-state index contributed by atoms with van der Waals surface area (Å²) in [5, 5.41) is 4.82. The quantitative estimate of drug-likeness (QED) is 0.698. The number of thioether (sulfide) groups is 1. The van der Waals surface area contributed by atoms with Crippen LogP contribution >= 0.6 is 11.8 Å². The van der Waals surface area contributed by atoms with Gasteiger partial charge in [-0.2, -0.15) is 11.8 Å². The third-order valence-corrected chi connectivity index (χ3v) is 4.20. The van der Waals surface area contributed by atoms with Crippen molar-refractivity contribution in [3.05, 3.63) is 42.1 Å². The smallest absolute Gasteiger partial charge is 0.0705 e. The fourth-order valence-electron chi connectivity index (χ4n) is 2.38. The zero-order chi connectivity index (χ0) is 14.0. The van der Waals surface area contributed by atoms with E-state index >= 15 is 0 Å².